The Bertz CT molecular complexity index is 813. The second-order valence-corrected chi connectivity index (χ2v) is 18.5. The van der Waals surface area contributed by atoms with Crippen molar-refractivity contribution in [3.8, 4) is 0 Å². The molecule has 1 nitrogen and oxygen atoms in total. The molecule has 0 aromatic carbocycles. The van der Waals surface area contributed by atoms with Gasteiger partial charge in [-0.25, -0.2) is 0 Å². The summed E-state index contributed by atoms with van der Waals surface area (Å²) < 4.78 is 6.56. The smallest absolute Gasteiger partial charge is 0.184 e. The quantitative estimate of drug-likeness (QED) is 0.279. The van der Waals surface area contributed by atoms with Crippen LogP contribution < -0.4 is 0 Å². The van der Waals surface area contributed by atoms with Gasteiger partial charge in [0.2, 0.25) is 0 Å². The molecule has 0 aromatic heterocycles. The largest absolute Gasteiger partial charge is 0.414 e. The van der Waals surface area contributed by atoms with E-state index in [0.29, 0.717) is 28.8 Å². The molecule has 33 heavy (non-hydrogen) atoms. The van der Waals surface area contributed by atoms with Crippen LogP contribution in [0.2, 0.25) is 19.6 Å². The topological polar surface area (TPSA) is 9.23 Å². The Morgan fingerprint density at radius 3 is 2.30 bits per heavy atom. The molecule has 0 amide bonds. The lowest BCUT2D eigenvalue weighted by Gasteiger charge is -2.55. The highest BCUT2D eigenvalue weighted by Gasteiger charge is 2.56. The predicted octanol–water partition coefficient (Wildman–Crippen LogP) is 9.19. The second kappa shape index (κ2) is 9.12. The second-order valence-electron chi connectivity index (χ2n) is 14.1. The van der Waals surface area contributed by atoms with Crippen LogP contribution in [-0.2, 0) is 4.43 Å². The Labute approximate surface area is 206 Å². The molecule has 0 bridgehead atoms. The molecule has 3 fully saturated rings. The Hall–Kier alpha value is -0.603. The van der Waals surface area contributed by atoms with E-state index in [2.05, 4.69) is 85.5 Å². The molecule has 0 N–H and O–H groups in total. The minimum Gasteiger partial charge on any atom is -0.414 e. The van der Waals surface area contributed by atoms with Gasteiger partial charge in [0.05, 0.1) is 0 Å². The number of hydrogen-bond acceptors (Lipinski definition) is 1. The molecule has 0 aliphatic heterocycles. The van der Waals surface area contributed by atoms with E-state index in [1.54, 1.807) is 5.57 Å². The average molecular weight is 469 g/mol. The molecular formula is C31H52OSi. The number of fused-ring (bicyclic) bond motifs is 5. The zero-order valence-electron chi connectivity index (χ0n) is 23.2. The first-order chi connectivity index (χ1) is 15.3. The van der Waals surface area contributed by atoms with Gasteiger partial charge in [-0.15, -0.1) is 0 Å². The van der Waals surface area contributed by atoms with Crippen molar-refractivity contribution in [2.24, 2.45) is 46.3 Å². The summed E-state index contributed by atoms with van der Waals surface area (Å²) in [5.41, 5.74) is 4.38. The van der Waals surface area contributed by atoms with Crippen LogP contribution in [0.3, 0.4) is 0 Å². The van der Waals surface area contributed by atoms with Crippen molar-refractivity contribution in [1.29, 1.82) is 0 Å². The van der Waals surface area contributed by atoms with Gasteiger partial charge in [-0.05, 0) is 111 Å². The fourth-order valence-corrected chi connectivity index (χ4v) is 9.38. The third kappa shape index (κ3) is 4.77. The third-order valence-corrected chi connectivity index (χ3v) is 11.6. The van der Waals surface area contributed by atoms with Gasteiger partial charge in [0.25, 0.3) is 0 Å². The van der Waals surface area contributed by atoms with E-state index in [4.69, 9.17) is 4.43 Å². The molecule has 0 saturated heterocycles. The van der Waals surface area contributed by atoms with Crippen molar-refractivity contribution in [2.45, 2.75) is 112 Å². The summed E-state index contributed by atoms with van der Waals surface area (Å²) in [7, 11) is -1.47. The van der Waals surface area contributed by atoms with E-state index in [-0.39, 0.29) is 0 Å². The van der Waals surface area contributed by atoms with Gasteiger partial charge >= 0.3 is 0 Å². The molecule has 1 unspecified atom stereocenters. The standard InChI is InChI=1S/C31H52OSi/c1-21(2)22(3)10-11-23(4)27-14-15-28-26-13-12-24-20-25(32-33(7,8)9)16-18-30(24,5)29(26)17-19-31(27,28)6/h10-13,21-23,25,27-29H,14-20H2,1-9H3/b11-10+/t22-,23+,25?,27+,28-,29-,30-,31+/m0/s1. The lowest BCUT2D eigenvalue weighted by atomic mass is 9.50. The maximum atomic E-state index is 6.56. The number of rotatable bonds is 6. The highest BCUT2D eigenvalue weighted by molar-refractivity contribution is 6.69. The van der Waals surface area contributed by atoms with Crippen LogP contribution in [0.15, 0.2) is 35.5 Å². The highest BCUT2D eigenvalue weighted by Crippen LogP contribution is 2.66. The molecular weight excluding hydrogens is 416 g/mol. The van der Waals surface area contributed by atoms with Gasteiger partial charge in [-0.3, -0.25) is 0 Å². The average Bonchev–Trinajstić information content (AvgIpc) is 3.08. The van der Waals surface area contributed by atoms with E-state index >= 15 is 0 Å². The van der Waals surface area contributed by atoms with Crippen LogP contribution in [0, 0.1) is 46.3 Å². The van der Waals surface area contributed by atoms with Gasteiger partial charge in [-0.1, -0.05) is 77.0 Å². The summed E-state index contributed by atoms with van der Waals surface area (Å²) in [5, 5.41) is 0. The Morgan fingerprint density at radius 2 is 1.64 bits per heavy atom. The van der Waals surface area contributed by atoms with Crippen molar-refractivity contribution in [3.63, 3.8) is 0 Å². The Kier molecular flexibility index (Phi) is 7.04. The fourth-order valence-electron chi connectivity index (χ4n) is 8.18. The number of hydrogen-bond donors (Lipinski definition) is 0. The molecule has 3 saturated carbocycles. The first-order valence-corrected chi connectivity index (χ1v) is 17.5. The summed E-state index contributed by atoms with van der Waals surface area (Å²) >= 11 is 0. The molecule has 0 aromatic rings. The van der Waals surface area contributed by atoms with Gasteiger partial charge in [0, 0.05) is 6.10 Å². The summed E-state index contributed by atoms with van der Waals surface area (Å²) in [6, 6.07) is 0. The van der Waals surface area contributed by atoms with E-state index < -0.39 is 8.32 Å². The van der Waals surface area contributed by atoms with Crippen LogP contribution in [0.4, 0.5) is 0 Å². The van der Waals surface area contributed by atoms with Gasteiger partial charge in [0.1, 0.15) is 0 Å². The normalized spacial score (nSPS) is 40.7. The Morgan fingerprint density at radius 1 is 0.909 bits per heavy atom. The molecule has 4 aliphatic carbocycles. The zero-order chi connectivity index (χ0) is 24.2. The first-order valence-electron chi connectivity index (χ1n) is 14.1. The van der Waals surface area contributed by atoms with Gasteiger partial charge in [0.15, 0.2) is 8.32 Å². The summed E-state index contributed by atoms with van der Waals surface area (Å²) in [6.07, 6.45) is 20.0. The minimum atomic E-state index is -1.47. The maximum absolute atomic E-state index is 6.56. The minimum absolute atomic E-state index is 0.376. The van der Waals surface area contributed by atoms with Crippen molar-refractivity contribution in [3.05, 3.63) is 35.5 Å². The molecule has 0 heterocycles. The fraction of sp³-hybridized carbons (Fsp3) is 0.806. The molecule has 2 heteroatoms. The molecule has 0 radical (unpaired) electrons. The molecule has 4 aliphatic rings. The van der Waals surface area contributed by atoms with E-state index in [1.165, 1.54) is 44.9 Å². The van der Waals surface area contributed by atoms with Crippen LogP contribution in [0.25, 0.3) is 0 Å². The first kappa shape index (κ1) is 25.5. The predicted molar refractivity (Wildman–Crippen MR) is 146 cm³/mol. The van der Waals surface area contributed by atoms with Crippen molar-refractivity contribution in [1.82, 2.24) is 0 Å². The Balaban J connectivity index is 1.53. The van der Waals surface area contributed by atoms with E-state index in [0.717, 1.165) is 23.7 Å². The van der Waals surface area contributed by atoms with Crippen LogP contribution in [-0.4, -0.2) is 14.4 Å². The molecule has 0 spiro atoms. The monoisotopic (exact) mass is 468 g/mol. The van der Waals surface area contributed by atoms with Crippen LogP contribution >= 0.6 is 0 Å². The van der Waals surface area contributed by atoms with E-state index in [9.17, 15) is 0 Å². The maximum Gasteiger partial charge on any atom is 0.184 e. The molecule has 186 valence electrons. The van der Waals surface area contributed by atoms with Crippen molar-refractivity contribution in [2.75, 3.05) is 0 Å². The van der Waals surface area contributed by atoms with E-state index in [1.807, 2.05) is 5.57 Å². The van der Waals surface area contributed by atoms with Gasteiger partial charge < -0.3 is 4.43 Å². The summed E-state index contributed by atoms with van der Waals surface area (Å²) in [6.45, 7) is 21.8. The zero-order valence-corrected chi connectivity index (χ0v) is 24.2. The van der Waals surface area contributed by atoms with Crippen molar-refractivity contribution < 1.29 is 4.43 Å². The van der Waals surface area contributed by atoms with Crippen molar-refractivity contribution >= 4 is 8.32 Å². The van der Waals surface area contributed by atoms with Gasteiger partial charge in [-0.2, -0.15) is 0 Å². The SMILES string of the molecule is CC(C)[C@@H](C)/C=C/[C@@H](C)[C@H]1CC[C@H]2C3=CC=C4CC(O[Si](C)(C)C)CC[C@]4(C)[C@H]3CC[C@]12C. The lowest BCUT2D eigenvalue weighted by Crippen LogP contribution is -2.47. The number of allylic oxidation sites excluding steroid dienone is 5. The lowest BCUT2D eigenvalue weighted by molar-refractivity contribution is 0.0417. The highest BCUT2D eigenvalue weighted by atomic mass is 28.4. The van der Waals surface area contributed by atoms with Crippen LogP contribution in [0.5, 0.6) is 0 Å². The summed E-state index contributed by atoms with van der Waals surface area (Å²) in [5.74, 6) is 4.50. The van der Waals surface area contributed by atoms with Crippen LogP contribution in [0.1, 0.15) is 86.5 Å². The third-order valence-electron chi connectivity index (χ3n) is 10.5. The molecule has 4 rings (SSSR count). The summed E-state index contributed by atoms with van der Waals surface area (Å²) in [4.78, 5) is 0. The molecule has 8 atom stereocenters.